The molecule has 0 aliphatic carbocycles. The Hall–Kier alpha value is -5.05. The summed E-state index contributed by atoms with van der Waals surface area (Å²) < 4.78 is 14.7. The lowest BCUT2D eigenvalue weighted by Crippen LogP contribution is -2.16. The molecule has 3 N–H and O–H groups in total. The quantitative estimate of drug-likeness (QED) is 0.237. The van der Waals surface area contributed by atoms with Crippen LogP contribution in [0.15, 0.2) is 84.9 Å². The van der Waals surface area contributed by atoms with Crippen molar-refractivity contribution in [1.29, 1.82) is 0 Å². The first-order valence-corrected chi connectivity index (χ1v) is 12.0. The van der Waals surface area contributed by atoms with E-state index in [2.05, 4.69) is 31.0 Å². The second-order valence-corrected chi connectivity index (χ2v) is 8.91. The largest absolute Gasteiger partial charge is 0.340 e. The second kappa shape index (κ2) is 10.5. The first kappa shape index (κ1) is 24.6. The lowest BCUT2D eigenvalue weighted by molar-refractivity contribution is 0.101. The second-order valence-electron chi connectivity index (χ2n) is 8.91. The number of benzene rings is 3. The van der Waals surface area contributed by atoms with E-state index in [0.717, 1.165) is 22.6 Å². The fourth-order valence-corrected chi connectivity index (χ4v) is 3.88. The Bertz CT molecular complexity index is 1580. The molecule has 0 fully saturated rings. The molecule has 5 aromatic rings. The molecule has 5 rings (SSSR count). The summed E-state index contributed by atoms with van der Waals surface area (Å²) in [7, 11) is 1.69. The molecule has 0 spiro atoms. The van der Waals surface area contributed by atoms with Gasteiger partial charge < -0.3 is 16.0 Å². The Morgan fingerprint density at radius 3 is 2.13 bits per heavy atom. The van der Waals surface area contributed by atoms with Gasteiger partial charge >= 0.3 is 0 Å². The van der Waals surface area contributed by atoms with Crippen LogP contribution in [-0.4, -0.2) is 25.7 Å². The van der Waals surface area contributed by atoms with E-state index in [-0.39, 0.29) is 11.7 Å². The molecule has 8 nitrogen and oxygen atoms in total. The molecule has 3 aromatic carbocycles. The third-order valence-corrected chi connectivity index (χ3v) is 5.83. The summed E-state index contributed by atoms with van der Waals surface area (Å²) in [5, 5.41) is 13.8. The lowest BCUT2D eigenvalue weighted by Gasteiger charge is -2.11. The van der Waals surface area contributed by atoms with Crippen LogP contribution in [0, 0.1) is 19.7 Å². The van der Waals surface area contributed by atoms with Gasteiger partial charge in [0.2, 0.25) is 5.95 Å². The number of aryl methyl sites for hydroxylation is 3. The maximum atomic E-state index is 13.2. The lowest BCUT2D eigenvalue weighted by atomic mass is 10.1. The number of hydrogen-bond donors (Lipinski definition) is 3. The van der Waals surface area contributed by atoms with E-state index in [1.165, 1.54) is 22.4 Å². The smallest absolute Gasteiger partial charge is 0.273 e. The summed E-state index contributed by atoms with van der Waals surface area (Å²) in [6.07, 6.45) is 0. The van der Waals surface area contributed by atoms with Crippen molar-refractivity contribution in [3.8, 4) is 11.3 Å². The van der Waals surface area contributed by atoms with Crippen LogP contribution in [0.4, 0.5) is 33.2 Å². The molecule has 0 aliphatic heterocycles. The van der Waals surface area contributed by atoms with Gasteiger partial charge in [0.15, 0.2) is 0 Å². The van der Waals surface area contributed by atoms with Gasteiger partial charge in [-0.25, -0.2) is 9.37 Å². The molecule has 1 amide bonds. The summed E-state index contributed by atoms with van der Waals surface area (Å²) in [4.78, 5) is 21.9. The van der Waals surface area contributed by atoms with Crippen molar-refractivity contribution < 1.29 is 9.18 Å². The van der Waals surface area contributed by atoms with Crippen LogP contribution >= 0.6 is 0 Å². The van der Waals surface area contributed by atoms with Crippen LogP contribution in [0.2, 0.25) is 0 Å². The molecule has 2 heterocycles. The van der Waals surface area contributed by atoms with Gasteiger partial charge in [0.05, 0.1) is 5.69 Å². The molecule has 0 aliphatic rings. The van der Waals surface area contributed by atoms with Gasteiger partial charge in [-0.1, -0.05) is 17.7 Å². The third kappa shape index (κ3) is 5.84. The van der Waals surface area contributed by atoms with E-state index >= 15 is 0 Å². The topological polar surface area (TPSA) is 96.8 Å². The first-order chi connectivity index (χ1) is 18.3. The van der Waals surface area contributed by atoms with Crippen molar-refractivity contribution in [2.45, 2.75) is 13.8 Å². The van der Waals surface area contributed by atoms with Gasteiger partial charge in [0.1, 0.15) is 17.3 Å². The van der Waals surface area contributed by atoms with Gasteiger partial charge in [-0.3, -0.25) is 9.48 Å². The molecule has 0 radical (unpaired) electrons. The average molecular weight is 508 g/mol. The Balaban J connectivity index is 1.25. The maximum Gasteiger partial charge on any atom is 0.273 e. The van der Waals surface area contributed by atoms with Gasteiger partial charge in [0.25, 0.3) is 5.91 Å². The van der Waals surface area contributed by atoms with E-state index in [1.54, 1.807) is 37.4 Å². The molecule has 0 unspecified atom stereocenters. The number of carbonyl (C=O) groups is 1. The van der Waals surface area contributed by atoms with Crippen molar-refractivity contribution in [2.75, 3.05) is 16.0 Å². The van der Waals surface area contributed by atoms with Crippen LogP contribution in [0.3, 0.4) is 0 Å². The zero-order valence-electron chi connectivity index (χ0n) is 21.2. The number of amides is 1. The summed E-state index contributed by atoms with van der Waals surface area (Å²) in [6, 6.07) is 24.9. The zero-order chi connectivity index (χ0) is 26.6. The summed E-state index contributed by atoms with van der Waals surface area (Å²) >= 11 is 0. The number of nitrogens with one attached hydrogen (secondary N) is 3. The minimum atomic E-state index is -0.325. The van der Waals surface area contributed by atoms with Gasteiger partial charge in [-0.15, -0.1) is 0 Å². The number of carbonyl (C=O) groups excluding carboxylic acids is 1. The number of nitrogens with zero attached hydrogens (tertiary/aromatic N) is 4. The Labute approximate surface area is 219 Å². The van der Waals surface area contributed by atoms with Gasteiger partial charge in [0, 0.05) is 41.4 Å². The van der Waals surface area contributed by atoms with Crippen LogP contribution in [0.25, 0.3) is 11.3 Å². The van der Waals surface area contributed by atoms with E-state index in [4.69, 9.17) is 0 Å². The van der Waals surface area contributed by atoms with Crippen molar-refractivity contribution in [3.05, 3.63) is 108 Å². The van der Waals surface area contributed by atoms with E-state index < -0.39 is 0 Å². The van der Waals surface area contributed by atoms with Crippen LogP contribution in [-0.2, 0) is 7.05 Å². The van der Waals surface area contributed by atoms with Gasteiger partial charge in [-0.2, -0.15) is 10.1 Å². The van der Waals surface area contributed by atoms with E-state index in [0.29, 0.717) is 28.8 Å². The summed E-state index contributed by atoms with van der Waals surface area (Å²) in [6.45, 7) is 3.95. The Morgan fingerprint density at radius 1 is 0.789 bits per heavy atom. The normalized spacial score (nSPS) is 10.7. The highest BCUT2D eigenvalue weighted by atomic mass is 19.1. The predicted molar refractivity (Wildman–Crippen MR) is 148 cm³/mol. The van der Waals surface area contributed by atoms with Crippen LogP contribution in [0.5, 0.6) is 0 Å². The molecular formula is C29H26FN7O. The molecule has 9 heteroatoms. The summed E-state index contributed by atoms with van der Waals surface area (Å²) in [5.74, 6) is 0.514. The molecule has 38 heavy (non-hydrogen) atoms. The molecule has 0 saturated carbocycles. The van der Waals surface area contributed by atoms with Crippen molar-refractivity contribution >= 4 is 34.7 Å². The highest BCUT2D eigenvalue weighted by molar-refractivity contribution is 6.03. The Morgan fingerprint density at radius 2 is 1.42 bits per heavy atom. The maximum absolute atomic E-state index is 13.2. The molecule has 190 valence electrons. The van der Waals surface area contributed by atoms with Gasteiger partial charge in [-0.05, 0) is 80.6 Å². The summed E-state index contributed by atoms with van der Waals surface area (Å²) in [5.41, 5.74) is 6.04. The highest BCUT2D eigenvalue weighted by Gasteiger charge is 2.15. The number of aromatic nitrogens is 4. The van der Waals surface area contributed by atoms with Crippen molar-refractivity contribution in [2.24, 2.45) is 7.05 Å². The van der Waals surface area contributed by atoms with Crippen LogP contribution in [0.1, 0.15) is 21.7 Å². The van der Waals surface area contributed by atoms with Crippen molar-refractivity contribution in [3.63, 3.8) is 0 Å². The number of hydrogen-bond acceptors (Lipinski definition) is 6. The van der Waals surface area contributed by atoms with Crippen LogP contribution < -0.4 is 16.0 Å². The fraction of sp³-hybridized carbons (Fsp3) is 0.103. The van der Waals surface area contributed by atoms with E-state index in [1.807, 2.05) is 56.3 Å². The molecule has 0 saturated heterocycles. The third-order valence-electron chi connectivity index (χ3n) is 5.83. The first-order valence-electron chi connectivity index (χ1n) is 12.0. The number of anilines is 5. The highest BCUT2D eigenvalue weighted by Crippen LogP contribution is 2.23. The molecule has 2 aromatic heterocycles. The molecular weight excluding hydrogens is 481 g/mol. The molecule has 0 atom stereocenters. The predicted octanol–water partition coefficient (Wildman–Crippen LogP) is 6.37. The minimum Gasteiger partial charge on any atom is -0.340 e. The van der Waals surface area contributed by atoms with E-state index in [9.17, 15) is 9.18 Å². The fourth-order valence-electron chi connectivity index (χ4n) is 3.88. The average Bonchev–Trinajstić information content (AvgIpc) is 3.28. The SMILES string of the molecule is Cc1ccc(Nc2cc(C)nc(Nc3ccc(NC(=O)c4cc(-c5ccc(F)cc5)nn4C)cc3)n2)cc1. The monoisotopic (exact) mass is 507 g/mol. The van der Waals surface area contributed by atoms with Crippen molar-refractivity contribution in [1.82, 2.24) is 19.7 Å². The zero-order valence-corrected chi connectivity index (χ0v) is 21.2. The standard InChI is InChI=1S/C29H26FN7O/c1-18-4-10-22(11-5-18)32-27-16-19(2)31-29(35-27)34-24-14-12-23(13-15-24)33-28(38)26-17-25(36-37(26)3)20-6-8-21(30)9-7-20/h4-17H,1-3H3,(H,33,38)(H2,31,32,34,35). The number of halogens is 1. The molecule has 0 bridgehead atoms. The minimum absolute atomic E-state index is 0.303. The number of rotatable bonds is 7. The Kier molecular flexibility index (Phi) is 6.82.